The number of hydrogen-bond acceptors (Lipinski definition) is 6. The average Bonchev–Trinajstić information content (AvgIpc) is 3.26. The van der Waals surface area contributed by atoms with E-state index in [2.05, 4.69) is 18.8 Å². The number of ether oxygens (including phenoxy) is 1. The van der Waals surface area contributed by atoms with Crippen LogP contribution in [0.25, 0.3) is 10.2 Å². The molecule has 2 fully saturated rings. The minimum Gasteiger partial charge on any atom is -0.467 e. The van der Waals surface area contributed by atoms with Crippen LogP contribution in [0.5, 0.6) is 5.19 Å². The van der Waals surface area contributed by atoms with Crippen molar-refractivity contribution >= 4 is 37.5 Å². The van der Waals surface area contributed by atoms with Crippen LogP contribution >= 0.6 is 11.3 Å². The van der Waals surface area contributed by atoms with Gasteiger partial charge in [-0.25, -0.2) is 13.4 Å². The molecule has 2 aromatic carbocycles. The Morgan fingerprint density at radius 2 is 1.66 bits per heavy atom. The van der Waals surface area contributed by atoms with Crippen LogP contribution in [0.1, 0.15) is 43.5 Å². The number of thiazole rings is 1. The first-order chi connectivity index (χ1) is 16.8. The average molecular weight is 514 g/mol. The fourth-order valence-electron chi connectivity index (χ4n) is 5.12. The minimum absolute atomic E-state index is 0.0291. The van der Waals surface area contributed by atoms with Crippen molar-refractivity contribution < 1.29 is 17.9 Å². The van der Waals surface area contributed by atoms with Gasteiger partial charge in [-0.2, -0.15) is 4.31 Å². The molecule has 1 amide bonds. The Morgan fingerprint density at radius 3 is 2.31 bits per heavy atom. The van der Waals surface area contributed by atoms with Gasteiger partial charge in [0.15, 0.2) is 0 Å². The van der Waals surface area contributed by atoms with Gasteiger partial charge in [-0.3, -0.25) is 4.79 Å². The molecule has 3 heterocycles. The number of sulfonamides is 1. The van der Waals surface area contributed by atoms with Gasteiger partial charge >= 0.3 is 0 Å². The number of benzene rings is 2. The molecule has 3 aromatic rings. The Morgan fingerprint density at radius 1 is 1.00 bits per heavy atom. The van der Waals surface area contributed by atoms with E-state index in [0.717, 1.165) is 29.5 Å². The van der Waals surface area contributed by atoms with E-state index in [1.165, 1.54) is 0 Å². The van der Waals surface area contributed by atoms with Crippen molar-refractivity contribution in [3.63, 3.8) is 0 Å². The summed E-state index contributed by atoms with van der Waals surface area (Å²) in [6, 6.07) is 14.4. The van der Waals surface area contributed by atoms with Crippen LogP contribution in [0.15, 0.2) is 53.4 Å². The second kappa shape index (κ2) is 9.87. The Labute approximate surface area is 210 Å². The lowest BCUT2D eigenvalue weighted by molar-refractivity contribution is 0.0595. The van der Waals surface area contributed by atoms with E-state index in [9.17, 15) is 13.2 Å². The molecule has 0 radical (unpaired) electrons. The smallest absolute Gasteiger partial charge is 0.274 e. The third kappa shape index (κ3) is 5.22. The fourth-order valence-corrected chi connectivity index (χ4v) is 7.68. The lowest BCUT2D eigenvalue weighted by Gasteiger charge is -2.34. The molecule has 0 spiro atoms. The highest BCUT2D eigenvalue weighted by Crippen LogP contribution is 2.30. The SMILES string of the molecule is CC1CC(C)CN(S(=O)(=O)c2ccc(C(=O)N3CCC(Oc4nc5ccccc5s4)CC3)cc2)C1. The Balaban J connectivity index is 1.19. The highest BCUT2D eigenvalue weighted by atomic mass is 32.2. The fraction of sp³-hybridized carbons (Fsp3) is 0.462. The van der Waals surface area contributed by atoms with Crippen molar-refractivity contribution in [1.82, 2.24) is 14.2 Å². The number of piperidine rings is 2. The molecule has 2 saturated heterocycles. The number of fused-ring (bicyclic) bond motifs is 1. The molecule has 7 nitrogen and oxygen atoms in total. The van der Waals surface area contributed by atoms with Gasteiger partial charge in [-0.15, -0.1) is 0 Å². The van der Waals surface area contributed by atoms with Gasteiger partial charge in [0.1, 0.15) is 6.10 Å². The van der Waals surface area contributed by atoms with Gasteiger partial charge < -0.3 is 9.64 Å². The van der Waals surface area contributed by atoms with E-state index >= 15 is 0 Å². The van der Waals surface area contributed by atoms with Gasteiger partial charge in [0.25, 0.3) is 11.1 Å². The summed E-state index contributed by atoms with van der Waals surface area (Å²) < 4.78 is 35.0. The second-order valence-corrected chi connectivity index (χ2v) is 12.8. The first kappa shape index (κ1) is 24.2. The van der Waals surface area contributed by atoms with Crippen molar-refractivity contribution in [3.05, 3.63) is 54.1 Å². The van der Waals surface area contributed by atoms with Crippen molar-refractivity contribution in [1.29, 1.82) is 0 Å². The molecule has 35 heavy (non-hydrogen) atoms. The first-order valence-electron chi connectivity index (χ1n) is 12.2. The predicted molar refractivity (Wildman–Crippen MR) is 137 cm³/mol. The number of likely N-dealkylation sites (tertiary alicyclic amines) is 1. The normalized spacial score (nSPS) is 22.4. The van der Waals surface area contributed by atoms with E-state index < -0.39 is 10.0 Å². The van der Waals surface area contributed by atoms with Crippen LogP contribution in [-0.2, 0) is 10.0 Å². The Kier molecular flexibility index (Phi) is 6.83. The lowest BCUT2D eigenvalue weighted by atomic mass is 9.94. The van der Waals surface area contributed by atoms with Crippen LogP contribution in [-0.4, -0.2) is 60.8 Å². The monoisotopic (exact) mass is 513 g/mol. The highest BCUT2D eigenvalue weighted by molar-refractivity contribution is 7.89. The Bertz CT molecular complexity index is 1250. The zero-order valence-corrected chi connectivity index (χ0v) is 21.7. The summed E-state index contributed by atoms with van der Waals surface area (Å²) in [6.07, 6.45) is 2.54. The summed E-state index contributed by atoms with van der Waals surface area (Å²) in [7, 11) is -3.56. The number of carbonyl (C=O) groups excluding carboxylic acids is 1. The van der Waals surface area contributed by atoms with Crippen molar-refractivity contribution in [2.45, 2.75) is 44.1 Å². The molecule has 2 aliphatic heterocycles. The molecule has 0 bridgehead atoms. The molecular formula is C26H31N3O4S2. The summed E-state index contributed by atoms with van der Waals surface area (Å²) in [5, 5.41) is 0.672. The van der Waals surface area contributed by atoms with Gasteiger partial charge in [0, 0.05) is 44.6 Å². The number of rotatable bonds is 5. The van der Waals surface area contributed by atoms with Crippen molar-refractivity contribution in [2.24, 2.45) is 11.8 Å². The summed E-state index contributed by atoms with van der Waals surface area (Å²) in [4.78, 5) is 19.7. The van der Waals surface area contributed by atoms with Crippen LogP contribution in [0.4, 0.5) is 0 Å². The van der Waals surface area contributed by atoms with E-state index in [-0.39, 0.29) is 16.9 Å². The van der Waals surface area contributed by atoms with E-state index in [1.54, 1.807) is 39.9 Å². The molecule has 186 valence electrons. The van der Waals surface area contributed by atoms with Crippen LogP contribution < -0.4 is 4.74 Å². The third-order valence-electron chi connectivity index (χ3n) is 6.85. The standard InChI is InChI=1S/C26H31N3O4S2/c1-18-15-19(2)17-29(16-18)35(31,32)22-9-7-20(8-10-22)25(30)28-13-11-21(12-14-28)33-26-27-23-5-3-4-6-24(23)34-26/h3-10,18-19,21H,11-17H2,1-2H3. The maximum absolute atomic E-state index is 13.1. The first-order valence-corrected chi connectivity index (χ1v) is 14.5. The highest BCUT2D eigenvalue weighted by Gasteiger charge is 2.32. The molecule has 0 saturated carbocycles. The lowest BCUT2D eigenvalue weighted by Crippen LogP contribution is -2.42. The molecule has 0 aliphatic carbocycles. The summed E-state index contributed by atoms with van der Waals surface area (Å²) in [6.45, 7) is 6.46. The molecule has 2 aliphatic rings. The molecular weight excluding hydrogens is 482 g/mol. The number of aromatic nitrogens is 1. The zero-order chi connectivity index (χ0) is 24.6. The number of hydrogen-bond donors (Lipinski definition) is 0. The quantitative estimate of drug-likeness (QED) is 0.496. The third-order valence-corrected chi connectivity index (χ3v) is 9.62. The second-order valence-electron chi connectivity index (χ2n) is 9.85. The van der Waals surface area contributed by atoms with E-state index in [0.29, 0.717) is 48.8 Å². The molecule has 9 heteroatoms. The predicted octanol–water partition coefficient (Wildman–Crippen LogP) is 4.65. The zero-order valence-electron chi connectivity index (χ0n) is 20.1. The molecule has 2 atom stereocenters. The number of nitrogens with zero attached hydrogens (tertiary/aromatic N) is 3. The topological polar surface area (TPSA) is 79.8 Å². The maximum atomic E-state index is 13.1. The maximum Gasteiger partial charge on any atom is 0.274 e. The van der Waals surface area contributed by atoms with Crippen molar-refractivity contribution in [2.75, 3.05) is 26.2 Å². The minimum atomic E-state index is -3.56. The summed E-state index contributed by atoms with van der Waals surface area (Å²) >= 11 is 1.54. The van der Waals surface area contributed by atoms with Crippen LogP contribution in [0.2, 0.25) is 0 Å². The summed E-state index contributed by atoms with van der Waals surface area (Å²) in [5.41, 5.74) is 1.45. The Hall–Kier alpha value is -2.49. The molecule has 2 unspecified atom stereocenters. The van der Waals surface area contributed by atoms with E-state index in [4.69, 9.17) is 4.74 Å². The summed E-state index contributed by atoms with van der Waals surface area (Å²) in [5.74, 6) is 0.611. The van der Waals surface area contributed by atoms with Gasteiger partial charge in [0.05, 0.1) is 15.1 Å². The van der Waals surface area contributed by atoms with Crippen LogP contribution in [0, 0.1) is 11.8 Å². The van der Waals surface area contributed by atoms with Crippen molar-refractivity contribution in [3.8, 4) is 5.19 Å². The molecule has 0 N–H and O–H groups in total. The van der Waals surface area contributed by atoms with Crippen LogP contribution in [0.3, 0.4) is 0 Å². The van der Waals surface area contributed by atoms with Gasteiger partial charge in [-0.05, 0) is 54.7 Å². The number of amides is 1. The van der Waals surface area contributed by atoms with E-state index in [1.807, 2.05) is 29.2 Å². The molecule has 5 rings (SSSR count). The number of para-hydroxylation sites is 1. The molecule has 1 aromatic heterocycles. The van der Waals surface area contributed by atoms with Gasteiger partial charge in [0.2, 0.25) is 10.0 Å². The van der Waals surface area contributed by atoms with Gasteiger partial charge in [-0.1, -0.05) is 37.3 Å². The number of carbonyl (C=O) groups is 1. The largest absolute Gasteiger partial charge is 0.467 e.